The summed E-state index contributed by atoms with van der Waals surface area (Å²) in [4.78, 5) is 17.5. The predicted molar refractivity (Wildman–Crippen MR) is 124 cm³/mol. The molecule has 1 amide bonds. The Morgan fingerprint density at radius 2 is 1.58 bits per heavy atom. The smallest absolute Gasteiger partial charge is 0.276 e. The van der Waals surface area contributed by atoms with Gasteiger partial charge in [-0.15, -0.1) is 0 Å². The van der Waals surface area contributed by atoms with Crippen LogP contribution in [-0.2, 0) is 6.54 Å². The van der Waals surface area contributed by atoms with Gasteiger partial charge in [0.25, 0.3) is 5.91 Å². The molecule has 0 radical (unpaired) electrons. The third-order valence-corrected chi connectivity index (χ3v) is 5.80. The van der Waals surface area contributed by atoms with Crippen molar-refractivity contribution in [2.24, 2.45) is 0 Å². The Balaban J connectivity index is 1.17. The first-order valence-corrected chi connectivity index (χ1v) is 10.6. The predicted octanol–water partition coefficient (Wildman–Crippen LogP) is 4.14. The normalized spacial score (nSPS) is 14.6. The van der Waals surface area contributed by atoms with Gasteiger partial charge in [0.1, 0.15) is 0 Å². The molecule has 1 aliphatic rings. The van der Waals surface area contributed by atoms with Crippen LogP contribution >= 0.6 is 0 Å². The van der Waals surface area contributed by atoms with Gasteiger partial charge in [0.15, 0.2) is 5.69 Å². The number of piperazine rings is 1. The number of H-pyrrole nitrogens is 1. The number of hydrogen-bond acceptors (Lipinski definition) is 4. The monoisotopic (exact) mass is 411 g/mol. The van der Waals surface area contributed by atoms with Gasteiger partial charge in [-0.1, -0.05) is 48.5 Å². The number of rotatable bonds is 5. The van der Waals surface area contributed by atoms with Crippen LogP contribution < -0.4 is 10.2 Å². The lowest BCUT2D eigenvalue weighted by atomic mass is 10.1. The van der Waals surface area contributed by atoms with Crippen molar-refractivity contribution in [2.75, 3.05) is 36.4 Å². The van der Waals surface area contributed by atoms with Gasteiger partial charge in [-0.25, -0.2) is 0 Å². The molecule has 0 atom stereocenters. The van der Waals surface area contributed by atoms with Crippen LogP contribution in [0.25, 0.3) is 10.9 Å². The van der Waals surface area contributed by atoms with E-state index in [4.69, 9.17) is 0 Å². The summed E-state index contributed by atoms with van der Waals surface area (Å²) in [6, 6.07) is 26.3. The summed E-state index contributed by atoms with van der Waals surface area (Å²) < 4.78 is 0. The number of nitrogens with zero attached hydrogens (tertiary/aromatic N) is 3. The number of carbonyl (C=O) groups is 1. The van der Waals surface area contributed by atoms with E-state index in [0.29, 0.717) is 5.69 Å². The number of aromatic amines is 1. The number of amides is 1. The first kappa shape index (κ1) is 19.3. The van der Waals surface area contributed by atoms with Crippen LogP contribution in [0.4, 0.5) is 11.4 Å². The van der Waals surface area contributed by atoms with Crippen LogP contribution in [0.15, 0.2) is 78.9 Å². The van der Waals surface area contributed by atoms with Crippen molar-refractivity contribution in [2.45, 2.75) is 6.54 Å². The molecule has 6 heteroatoms. The highest BCUT2D eigenvalue weighted by Crippen LogP contribution is 2.19. The van der Waals surface area contributed by atoms with E-state index in [1.54, 1.807) is 0 Å². The Kier molecular flexibility index (Phi) is 5.37. The molecule has 2 heterocycles. The van der Waals surface area contributed by atoms with Crippen LogP contribution in [-0.4, -0.2) is 47.2 Å². The molecule has 1 aromatic heterocycles. The van der Waals surface area contributed by atoms with Crippen molar-refractivity contribution in [1.82, 2.24) is 15.1 Å². The molecule has 0 unspecified atom stereocenters. The minimum Gasteiger partial charge on any atom is -0.369 e. The molecule has 0 saturated carbocycles. The minimum absolute atomic E-state index is 0.206. The molecule has 1 saturated heterocycles. The molecule has 0 spiro atoms. The second-order valence-corrected chi connectivity index (χ2v) is 7.87. The van der Waals surface area contributed by atoms with E-state index in [2.05, 4.69) is 67.8 Å². The van der Waals surface area contributed by atoms with Crippen LogP contribution in [0, 0.1) is 0 Å². The number of hydrogen-bond donors (Lipinski definition) is 2. The Labute approximate surface area is 181 Å². The number of fused-ring (bicyclic) bond motifs is 1. The SMILES string of the molecule is O=C(Nc1ccc(CN2CCN(c3ccccc3)CC2)cc1)c1n[nH]c2ccccc12. The van der Waals surface area contributed by atoms with E-state index in [0.717, 1.165) is 49.3 Å². The molecule has 4 aromatic rings. The molecule has 6 nitrogen and oxygen atoms in total. The highest BCUT2D eigenvalue weighted by molar-refractivity contribution is 6.11. The highest BCUT2D eigenvalue weighted by Gasteiger charge is 2.17. The number of anilines is 2. The second-order valence-electron chi connectivity index (χ2n) is 7.87. The Bertz CT molecular complexity index is 1160. The second kappa shape index (κ2) is 8.62. The zero-order valence-corrected chi connectivity index (χ0v) is 17.3. The molecule has 5 rings (SSSR count). The number of benzene rings is 3. The summed E-state index contributed by atoms with van der Waals surface area (Å²) in [6.07, 6.45) is 0. The molecular weight excluding hydrogens is 386 g/mol. The van der Waals surface area contributed by atoms with Crippen molar-refractivity contribution in [1.29, 1.82) is 0 Å². The summed E-state index contributed by atoms with van der Waals surface area (Å²) >= 11 is 0. The highest BCUT2D eigenvalue weighted by atomic mass is 16.1. The van der Waals surface area contributed by atoms with Gasteiger partial charge in [0.2, 0.25) is 0 Å². The van der Waals surface area contributed by atoms with Crippen LogP contribution in [0.2, 0.25) is 0 Å². The van der Waals surface area contributed by atoms with Crippen molar-refractivity contribution < 1.29 is 4.79 Å². The van der Waals surface area contributed by atoms with E-state index in [1.807, 2.05) is 36.4 Å². The number of aromatic nitrogens is 2. The van der Waals surface area contributed by atoms with Crippen molar-refractivity contribution in [3.8, 4) is 0 Å². The lowest BCUT2D eigenvalue weighted by Crippen LogP contribution is -2.45. The van der Waals surface area contributed by atoms with Gasteiger partial charge in [0, 0.05) is 49.5 Å². The molecule has 1 aliphatic heterocycles. The van der Waals surface area contributed by atoms with E-state index >= 15 is 0 Å². The molecule has 0 aliphatic carbocycles. The van der Waals surface area contributed by atoms with Gasteiger partial charge >= 0.3 is 0 Å². The van der Waals surface area contributed by atoms with Crippen molar-refractivity contribution >= 4 is 28.2 Å². The average Bonchev–Trinajstić information content (AvgIpc) is 3.26. The largest absolute Gasteiger partial charge is 0.369 e. The molecule has 156 valence electrons. The molecular formula is C25H25N5O. The quantitative estimate of drug-likeness (QED) is 0.518. The maximum atomic E-state index is 12.6. The number of nitrogens with one attached hydrogen (secondary N) is 2. The molecule has 2 N–H and O–H groups in total. The fraction of sp³-hybridized carbons (Fsp3) is 0.200. The van der Waals surface area contributed by atoms with Crippen molar-refractivity contribution in [3.05, 3.63) is 90.1 Å². The fourth-order valence-corrected chi connectivity index (χ4v) is 4.08. The fourth-order valence-electron chi connectivity index (χ4n) is 4.08. The summed E-state index contributed by atoms with van der Waals surface area (Å²) in [6.45, 7) is 5.08. The summed E-state index contributed by atoms with van der Waals surface area (Å²) in [5.41, 5.74) is 4.59. The maximum absolute atomic E-state index is 12.6. The van der Waals surface area contributed by atoms with Crippen LogP contribution in [0.5, 0.6) is 0 Å². The average molecular weight is 412 g/mol. The van der Waals surface area contributed by atoms with Gasteiger partial charge in [0.05, 0.1) is 5.52 Å². The lowest BCUT2D eigenvalue weighted by molar-refractivity contribution is 0.102. The standard InChI is InChI=1S/C25H25N5O/c31-25(24-22-8-4-5-9-23(22)27-28-24)26-20-12-10-19(11-13-20)18-29-14-16-30(17-15-29)21-6-2-1-3-7-21/h1-13H,14-18H2,(H,26,31)(H,27,28). The van der Waals surface area contributed by atoms with E-state index in [1.165, 1.54) is 11.3 Å². The summed E-state index contributed by atoms with van der Waals surface area (Å²) in [5, 5.41) is 10.8. The number of carbonyl (C=O) groups excluding carboxylic acids is 1. The molecule has 0 bridgehead atoms. The van der Waals surface area contributed by atoms with E-state index < -0.39 is 0 Å². The van der Waals surface area contributed by atoms with E-state index in [-0.39, 0.29) is 5.91 Å². The van der Waals surface area contributed by atoms with Gasteiger partial charge in [-0.2, -0.15) is 5.10 Å². The lowest BCUT2D eigenvalue weighted by Gasteiger charge is -2.36. The third kappa shape index (κ3) is 4.29. The van der Waals surface area contributed by atoms with Crippen LogP contribution in [0.1, 0.15) is 16.1 Å². The summed E-state index contributed by atoms with van der Waals surface area (Å²) in [5.74, 6) is -0.206. The van der Waals surface area contributed by atoms with Crippen LogP contribution in [0.3, 0.4) is 0 Å². The van der Waals surface area contributed by atoms with Gasteiger partial charge in [-0.3, -0.25) is 14.8 Å². The van der Waals surface area contributed by atoms with Crippen molar-refractivity contribution in [3.63, 3.8) is 0 Å². The molecule has 3 aromatic carbocycles. The zero-order valence-electron chi connectivity index (χ0n) is 17.3. The Hall–Kier alpha value is -3.64. The Morgan fingerprint density at radius 1 is 0.871 bits per heavy atom. The first-order valence-electron chi connectivity index (χ1n) is 10.6. The van der Waals surface area contributed by atoms with Gasteiger partial charge < -0.3 is 10.2 Å². The molecule has 31 heavy (non-hydrogen) atoms. The van der Waals surface area contributed by atoms with E-state index in [9.17, 15) is 4.79 Å². The zero-order chi connectivity index (χ0) is 21.0. The van der Waals surface area contributed by atoms with Gasteiger partial charge in [-0.05, 0) is 35.9 Å². The first-order chi connectivity index (χ1) is 15.3. The Morgan fingerprint density at radius 3 is 2.35 bits per heavy atom. The number of para-hydroxylation sites is 2. The third-order valence-electron chi connectivity index (χ3n) is 5.80. The minimum atomic E-state index is -0.206. The molecule has 1 fully saturated rings. The maximum Gasteiger partial charge on any atom is 0.276 e. The topological polar surface area (TPSA) is 64.3 Å². The summed E-state index contributed by atoms with van der Waals surface area (Å²) in [7, 11) is 0.